The fourth-order valence-corrected chi connectivity index (χ4v) is 2.55. The Hall–Kier alpha value is -2.16. The zero-order valence-electron chi connectivity index (χ0n) is 11.0. The van der Waals surface area contributed by atoms with Crippen molar-refractivity contribution in [1.82, 2.24) is 4.98 Å². The fraction of sp³-hybridized carbons (Fsp3) is 0.250. The normalized spacial score (nSPS) is 14.1. The summed E-state index contributed by atoms with van der Waals surface area (Å²) in [5.74, 6) is -0.00384. The second kappa shape index (κ2) is 4.84. The average molecular weight is 252 g/mol. The van der Waals surface area contributed by atoms with Gasteiger partial charge in [-0.3, -0.25) is 4.79 Å². The highest BCUT2D eigenvalue weighted by Crippen LogP contribution is 2.27. The molecular formula is C16H16N2O. The standard InChI is InChI=1S/C16H16N2O/c1-12-6-4-9-14(17-12)16(19)18-11-5-8-13-7-2-3-10-15(13)18/h2-4,6-7,9-10H,5,8,11H2,1H3. The summed E-state index contributed by atoms with van der Waals surface area (Å²) in [6.45, 7) is 2.67. The van der Waals surface area contributed by atoms with E-state index in [2.05, 4.69) is 11.1 Å². The number of hydrogen-bond donors (Lipinski definition) is 0. The molecule has 0 radical (unpaired) electrons. The van der Waals surface area contributed by atoms with E-state index >= 15 is 0 Å². The van der Waals surface area contributed by atoms with E-state index in [1.54, 1.807) is 6.07 Å². The largest absolute Gasteiger partial charge is 0.307 e. The number of nitrogens with zero attached hydrogens (tertiary/aromatic N) is 2. The Kier molecular flexibility index (Phi) is 3.03. The molecule has 0 unspecified atom stereocenters. The van der Waals surface area contributed by atoms with E-state index in [9.17, 15) is 4.79 Å². The lowest BCUT2D eigenvalue weighted by molar-refractivity contribution is 0.0980. The van der Waals surface area contributed by atoms with Crippen molar-refractivity contribution in [2.75, 3.05) is 11.4 Å². The predicted octanol–water partition coefficient (Wildman–Crippen LogP) is 2.98. The molecule has 0 aliphatic carbocycles. The van der Waals surface area contributed by atoms with Crippen molar-refractivity contribution >= 4 is 11.6 Å². The maximum Gasteiger partial charge on any atom is 0.276 e. The number of aromatic nitrogens is 1. The molecule has 0 saturated carbocycles. The molecule has 1 aliphatic heterocycles. The number of rotatable bonds is 1. The molecule has 19 heavy (non-hydrogen) atoms. The molecule has 0 fully saturated rings. The lowest BCUT2D eigenvalue weighted by Crippen LogP contribution is -2.36. The lowest BCUT2D eigenvalue weighted by atomic mass is 10.0. The maximum atomic E-state index is 12.6. The van der Waals surface area contributed by atoms with Gasteiger partial charge in [-0.15, -0.1) is 0 Å². The molecule has 1 aliphatic rings. The van der Waals surface area contributed by atoms with Crippen molar-refractivity contribution in [2.45, 2.75) is 19.8 Å². The van der Waals surface area contributed by atoms with Crippen LogP contribution < -0.4 is 4.90 Å². The number of benzene rings is 1. The summed E-state index contributed by atoms with van der Waals surface area (Å²) in [4.78, 5) is 18.8. The van der Waals surface area contributed by atoms with Gasteiger partial charge in [-0.25, -0.2) is 4.98 Å². The van der Waals surface area contributed by atoms with Crippen molar-refractivity contribution in [3.05, 3.63) is 59.4 Å². The second-order valence-electron chi connectivity index (χ2n) is 4.85. The molecule has 2 aromatic rings. The molecular weight excluding hydrogens is 236 g/mol. The van der Waals surface area contributed by atoms with Crippen LogP contribution in [0, 0.1) is 6.92 Å². The summed E-state index contributed by atoms with van der Waals surface area (Å²) in [5, 5.41) is 0. The average Bonchev–Trinajstić information content (AvgIpc) is 2.46. The Bertz CT molecular complexity index is 622. The quantitative estimate of drug-likeness (QED) is 0.781. The van der Waals surface area contributed by atoms with E-state index in [0.29, 0.717) is 5.69 Å². The Balaban J connectivity index is 1.98. The minimum absolute atomic E-state index is 0.00384. The van der Waals surface area contributed by atoms with Crippen LogP contribution in [0.3, 0.4) is 0 Å². The number of carbonyl (C=O) groups excluding carboxylic acids is 1. The Morgan fingerprint density at radius 1 is 1.16 bits per heavy atom. The van der Waals surface area contributed by atoms with Gasteiger partial charge in [0, 0.05) is 17.9 Å². The van der Waals surface area contributed by atoms with Crippen molar-refractivity contribution in [2.24, 2.45) is 0 Å². The van der Waals surface area contributed by atoms with Gasteiger partial charge in [-0.1, -0.05) is 24.3 Å². The topological polar surface area (TPSA) is 33.2 Å². The molecule has 1 aromatic heterocycles. The summed E-state index contributed by atoms with van der Waals surface area (Å²) in [6, 6.07) is 13.7. The van der Waals surface area contributed by atoms with Gasteiger partial charge in [0.1, 0.15) is 5.69 Å². The van der Waals surface area contributed by atoms with Crippen molar-refractivity contribution in [3.63, 3.8) is 0 Å². The zero-order chi connectivity index (χ0) is 13.2. The second-order valence-corrected chi connectivity index (χ2v) is 4.85. The van der Waals surface area contributed by atoms with Gasteiger partial charge in [-0.2, -0.15) is 0 Å². The van der Waals surface area contributed by atoms with Crippen LogP contribution in [0.4, 0.5) is 5.69 Å². The van der Waals surface area contributed by atoms with Crippen LogP contribution in [0.5, 0.6) is 0 Å². The van der Waals surface area contributed by atoms with Gasteiger partial charge in [0.25, 0.3) is 5.91 Å². The summed E-state index contributed by atoms with van der Waals surface area (Å²) >= 11 is 0. The van der Waals surface area contributed by atoms with Crippen LogP contribution in [0.25, 0.3) is 0 Å². The number of para-hydroxylation sites is 1. The molecule has 0 N–H and O–H groups in total. The molecule has 1 aromatic carbocycles. The number of aryl methyl sites for hydroxylation is 2. The van der Waals surface area contributed by atoms with E-state index in [1.807, 2.05) is 42.2 Å². The highest BCUT2D eigenvalue weighted by molar-refractivity contribution is 6.05. The first kappa shape index (κ1) is 11.9. The van der Waals surface area contributed by atoms with Crippen molar-refractivity contribution < 1.29 is 4.79 Å². The summed E-state index contributed by atoms with van der Waals surface area (Å²) in [7, 11) is 0. The van der Waals surface area contributed by atoms with E-state index < -0.39 is 0 Å². The van der Waals surface area contributed by atoms with Crippen LogP contribution >= 0.6 is 0 Å². The number of pyridine rings is 1. The van der Waals surface area contributed by atoms with Gasteiger partial charge in [0.05, 0.1) is 0 Å². The maximum absolute atomic E-state index is 12.6. The van der Waals surface area contributed by atoms with Gasteiger partial charge in [0.15, 0.2) is 0 Å². The predicted molar refractivity (Wildman–Crippen MR) is 75.4 cm³/mol. The molecule has 3 nitrogen and oxygen atoms in total. The van der Waals surface area contributed by atoms with Gasteiger partial charge < -0.3 is 4.90 Å². The monoisotopic (exact) mass is 252 g/mol. The molecule has 96 valence electrons. The number of anilines is 1. The first-order valence-electron chi connectivity index (χ1n) is 6.59. The minimum atomic E-state index is -0.00384. The van der Waals surface area contributed by atoms with E-state index in [-0.39, 0.29) is 5.91 Å². The van der Waals surface area contributed by atoms with Crippen LogP contribution in [-0.2, 0) is 6.42 Å². The van der Waals surface area contributed by atoms with Gasteiger partial charge >= 0.3 is 0 Å². The number of amides is 1. The number of hydrogen-bond acceptors (Lipinski definition) is 2. The first-order valence-corrected chi connectivity index (χ1v) is 6.59. The highest BCUT2D eigenvalue weighted by Gasteiger charge is 2.23. The smallest absolute Gasteiger partial charge is 0.276 e. The third-order valence-corrected chi connectivity index (χ3v) is 3.46. The number of carbonyl (C=O) groups is 1. The number of fused-ring (bicyclic) bond motifs is 1. The van der Waals surface area contributed by atoms with E-state index in [4.69, 9.17) is 0 Å². The van der Waals surface area contributed by atoms with Gasteiger partial charge in [-0.05, 0) is 43.5 Å². The molecule has 0 spiro atoms. The van der Waals surface area contributed by atoms with Crippen LogP contribution in [0.2, 0.25) is 0 Å². The SMILES string of the molecule is Cc1cccc(C(=O)N2CCCc3ccccc32)n1. The fourth-order valence-electron chi connectivity index (χ4n) is 2.55. The molecule has 3 rings (SSSR count). The van der Waals surface area contributed by atoms with Crippen molar-refractivity contribution in [1.29, 1.82) is 0 Å². The Labute approximate surface area is 112 Å². The molecule has 2 heterocycles. The minimum Gasteiger partial charge on any atom is -0.307 e. The van der Waals surface area contributed by atoms with E-state index in [1.165, 1.54) is 5.56 Å². The summed E-state index contributed by atoms with van der Waals surface area (Å²) in [6.07, 6.45) is 2.05. The molecule has 0 bridgehead atoms. The highest BCUT2D eigenvalue weighted by atomic mass is 16.2. The lowest BCUT2D eigenvalue weighted by Gasteiger charge is -2.29. The third-order valence-electron chi connectivity index (χ3n) is 3.46. The van der Waals surface area contributed by atoms with Crippen LogP contribution in [-0.4, -0.2) is 17.4 Å². The van der Waals surface area contributed by atoms with Crippen LogP contribution in [0.1, 0.15) is 28.2 Å². The van der Waals surface area contributed by atoms with Gasteiger partial charge in [0.2, 0.25) is 0 Å². The zero-order valence-corrected chi connectivity index (χ0v) is 11.0. The van der Waals surface area contributed by atoms with E-state index in [0.717, 1.165) is 30.8 Å². The third kappa shape index (κ3) is 2.24. The molecule has 3 heteroatoms. The van der Waals surface area contributed by atoms with Crippen LogP contribution in [0.15, 0.2) is 42.5 Å². The molecule has 1 amide bonds. The summed E-state index contributed by atoms with van der Waals surface area (Å²) in [5.41, 5.74) is 3.67. The first-order chi connectivity index (χ1) is 9.25. The Morgan fingerprint density at radius 2 is 2.00 bits per heavy atom. The Morgan fingerprint density at radius 3 is 2.84 bits per heavy atom. The van der Waals surface area contributed by atoms with Crippen molar-refractivity contribution in [3.8, 4) is 0 Å². The summed E-state index contributed by atoms with van der Waals surface area (Å²) < 4.78 is 0. The molecule has 0 atom stereocenters. The molecule has 0 saturated heterocycles.